The summed E-state index contributed by atoms with van der Waals surface area (Å²) in [6, 6.07) is 8.21. The molecule has 0 atom stereocenters. The van der Waals surface area contributed by atoms with Crippen molar-refractivity contribution in [2.45, 2.75) is 40.5 Å². The van der Waals surface area contributed by atoms with Gasteiger partial charge in [0.2, 0.25) is 5.75 Å². The molecule has 0 bridgehead atoms. The maximum atomic E-state index is 13.2. The number of rotatable bonds is 7. The maximum Gasteiger partial charge on any atom is 0.315 e. The van der Waals surface area contributed by atoms with E-state index in [1.807, 2.05) is 40.7 Å². The zero-order valence-corrected chi connectivity index (χ0v) is 21.5. The summed E-state index contributed by atoms with van der Waals surface area (Å²) < 4.78 is 13.1. The summed E-state index contributed by atoms with van der Waals surface area (Å²) in [5, 5.41) is 16.5. The summed E-state index contributed by atoms with van der Waals surface area (Å²) in [5.74, 6) is 0.645. The van der Waals surface area contributed by atoms with E-state index in [1.54, 1.807) is 18.2 Å². The van der Waals surface area contributed by atoms with Gasteiger partial charge < -0.3 is 9.47 Å². The number of nitrogens with zero attached hydrogens (tertiary/aromatic N) is 4. The van der Waals surface area contributed by atoms with Crippen molar-refractivity contribution in [1.29, 1.82) is 0 Å². The molecule has 0 fully saturated rings. The van der Waals surface area contributed by atoms with Crippen LogP contribution in [0.15, 0.2) is 44.7 Å². The molecular formula is C24H27BrN4O5. The Labute approximate surface area is 205 Å². The third kappa shape index (κ3) is 5.61. The van der Waals surface area contributed by atoms with Crippen molar-refractivity contribution in [3.8, 4) is 11.5 Å². The summed E-state index contributed by atoms with van der Waals surface area (Å²) in [5.41, 5.74) is 0.161. The first kappa shape index (κ1) is 25.4. The van der Waals surface area contributed by atoms with Crippen LogP contribution >= 0.6 is 15.9 Å². The Morgan fingerprint density at radius 1 is 1.26 bits per heavy atom. The van der Waals surface area contributed by atoms with Crippen molar-refractivity contribution in [2.75, 3.05) is 13.7 Å². The van der Waals surface area contributed by atoms with Gasteiger partial charge in [0.1, 0.15) is 5.82 Å². The van der Waals surface area contributed by atoms with Gasteiger partial charge >= 0.3 is 5.69 Å². The van der Waals surface area contributed by atoms with Crippen molar-refractivity contribution < 1.29 is 14.4 Å². The third-order valence-corrected chi connectivity index (χ3v) is 5.29. The normalized spacial score (nSPS) is 12.0. The Kier molecular flexibility index (Phi) is 7.40. The fraction of sp³-hybridized carbons (Fsp3) is 0.375. The van der Waals surface area contributed by atoms with Crippen LogP contribution in [0.1, 0.15) is 51.9 Å². The molecule has 10 heteroatoms. The fourth-order valence-electron chi connectivity index (χ4n) is 3.18. The average molecular weight is 531 g/mol. The number of hydrogen-bond donors (Lipinski definition) is 0. The lowest BCUT2D eigenvalue weighted by molar-refractivity contribution is -0.386. The van der Waals surface area contributed by atoms with E-state index < -0.39 is 4.92 Å². The van der Waals surface area contributed by atoms with Crippen LogP contribution in [0.5, 0.6) is 11.5 Å². The van der Waals surface area contributed by atoms with Gasteiger partial charge in [0.05, 0.1) is 35.8 Å². The number of hydrogen-bond acceptors (Lipinski definition) is 7. The largest absolute Gasteiger partial charge is 0.493 e. The van der Waals surface area contributed by atoms with Gasteiger partial charge in [0, 0.05) is 22.0 Å². The quantitative estimate of drug-likeness (QED) is 0.226. The molecule has 0 aliphatic rings. The topological polar surface area (TPSA) is 109 Å². The van der Waals surface area contributed by atoms with Gasteiger partial charge in [-0.25, -0.2) is 4.98 Å². The van der Waals surface area contributed by atoms with E-state index in [0.29, 0.717) is 22.3 Å². The molecule has 1 heterocycles. The van der Waals surface area contributed by atoms with Crippen LogP contribution in [0.25, 0.3) is 10.9 Å². The minimum atomic E-state index is -0.529. The molecule has 3 aromatic rings. The molecule has 3 rings (SSSR count). The number of methoxy groups -OCH3 is 1. The van der Waals surface area contributed by atoms with Crippen molar-refractivity contribution >= 4 is 38.7 Å². The minimum Gasteiger partial charge on any atom is -0.493 e. The number of nitro groups is 1. The van der Waals surface area contributed by atoms with Gasteiger partial charge in [-0.3, -0.25) is 14.9 Å². The Hall–Kier alpha value is -3.27. The molecule has 0 aliphatic heterocycles. The van der Waals surface area contributed by atoms with Crippen LogP contribution < -0.4 is 15.0 Å². The molecule has 9 nitrogen and oxygen atoms in total. The van der Waals surface area contributed by atoms with Gasteiger partial charge in [0.15, 0.2) is 5.75 Å². The lowest BCUT2D eigenvalue weighted by Gasteiger charge is -2.20. The number of nitro benzene ring substituents is 1. The molecule has 0 saturated carbocycles. The van der Waals surface area contributed by atoms with Crippen molar-refractivity contribution in [3.63, 3.8) is 0 Å². The lowest BCUT2D eigenvalue weighted by atomic mass is 9.98. The molecule has 2 aromatic carbocycles. The first-order valence-corrected chi connectivity index (χ1v) is 11.5. The highest BCUT2D eigenvalue weighted by Gasteiger charge is 2.24. The van der Waals surface area contributed by atoms with Crippen molar-refractivity contribution in [1.82, 2.24) is 9.66 Å². The van der Waals surface area contributed by atoms with Gasteiger partial charge in [0.25, 0.3) is 5.56 Å². The van der Waals surface area contributed by atoms with Crippen LogP contribution in [-0.2, 0) is 0 Å². The molecule has 0 amide bonds. The van der Waals surface area contributed by atoms with Crippen LogP contribution in [0.4, 0.5) is 5.69 Å². The van der Waals surface area contributed by atoms with Crippen LogP contribution in [0, 0.1) is 15.5 Å². The number of fused-ring (bicyclic) bond motifs is 1. The number of ether oxygens (including phenoxy) is 2. The standard InChI is InChI=1S/C24H27BrN4O5/c1-14(2)22-27-18-8-7-16(25)11-17(18)23(30)28(22)26-12-15-9-19(29(31)32)21(20(10-15)33-6)34-13-24(3,4)5/h7-12,14H,13H2,1-6H3. The summed E-state index contributed by atoms with van der Waals surface area (Å²) >= 11 is 3.38. The Bertz CT molecular complexity index is 1330. The molecule has 0 unspecified atom stereocenters. The Morgan fingerprint density at radius 3 is 2.56 bits per heavy atom. The highest BCUT2D eigenvalue weighted by atomic mass is 79.9. The Balaban J connectivity index is 2.13. The molecule has 0 saturated heterocycles. The van der Waals surface area contributed by atoms with Crippen molar-refractivity contribution in [3.05, 3.63) is 66.7 Å². The monoisotopic (exact) mass is 530 g/mol. The molecule has 1 aromatic heterocycles. The van der Waals surface area contributed by atoms with Crippen LogP contribution in [0.3, 0.4) is 0 Å². The first-order valence-electron chi connectivity index (χ1n) is 10.7. The molecule has 0 spiro atoms. The smallest absolute Gasteiger partial charge is 0.315 e. The van der Waals surface area contributed by atoms with E-state index in [-0.39, 0.29) is 40.7 Å². The first-order chi connectivity index (χ1) is 15.9. The minimum absolute atomic E-state index is 0.0526. The predicted octanol–water partition coefficient (Wildman–Crippen LogP) is 5.51. The van der Waals surface area contributed by atoms with Crippen LogP contribution in [0.2, 0.25) is 0 Å². The van der Waals surface area contributed by atoms with E-state index in [1.165, 1.54) is 24.1 Å². The van der Waals surface area contributed by atoms with E-state index >= 15 is 0 Å². The number of aromatic nitrogens is 2. The number of halogens is 1. The second-order valence-corrected chi connectivity index (χ2v) is 10.2. The van der Waals surface area contributed by atoms with Gasteiger partial charge in [-0.2, -0.15) is 9.78 Å². The molecule has 0 radical (unpaired) electrons. The predicted molar refractivity (Wildman–Crippen MR) is 135 cm³/mol. The summed E-state index contributed by atoms with van der Waals surface area (Å²) in [6.45, 7) is 9.98. The maximum absolute atomic E-state index is 13.2. The fourth-order valence-corrected chi connectivity index (χ4v) is 3.54. The Morgan fingerprint density at radius 2 is 1.97 bits per heavy atom. The summed E-state index contributed by atoms with van der Waals surface area (Å²) in [7, 11) is 1.41. The van der Waals surface area contributed by atoms with Crippen molar-refractivity contribution in [2.24, 2.45) is 10.5 Å². The van der Waals surface area contributed by atoms with Crippen LogP contribution in [-0.4, -0.2) is 34.5 Å². The summed E-state index contributed by atoms with van der Waals surface area (Å²) in [4.78, 5) is 29.0. The molecule has 34 heavy (non-hydrogen) atoms. The number of benzene rings is 2. The van der Waals surface area contributed by atoms with E-state index in [2.05, 4.69) is 26.0 Å². The zero-order chi connectivity index (χ0) is 25.2. The molecular weight excluding hydrogens is 504 g/mol. The molecule has 0 aliphatic carbocycles. The molecule has 180 valence electrons. The SMILES string of the molecule is COc1cc(C=Nn2c(C(C)C)nc3ccc(Br)cc3c2=O)cc([N+](=O)[O-])c1OCC(C)(C)C. The highest BCUT2D eigenvalue weighted by Crippen LogP contribution is 2.39. The van der Waals surface area contributed by atoms with Gasteiger partial charge in [-0.1, -0.05) is 50.5 Å². The van der Waals surface area contributed by atoms with Gasteiger partial charge in [-0.15, -0.1) is 0 Å². The van der Waals surface area contributed by atoms with Gasteiger partial charge in [-0.05, 0) is 29.7 Å². The summed E-state index contributed by atoms with van der Waals surface area (Å²) in [6.07, 6.45) is 1.38. The second-order valence-electron chi connectivity index (χ2n) is 9.33. The molecule has 0 N–H and O–H groups in total. The van der Waals surface area contributed by atoms with E-state index in [4.69, 9.17) is 9.47 Å². The average Bonchev–Trinajstić information content (AvgIpc) is 2.76. The van der Waals surface area contributed by atoms with E-state index in [0.717, 1.165) is 4.47 Å². The highest BCUT2D eigenvalue weighted by molar-refractivity contribution is 9.10. The lowest BCUT2D eigenvalue weighted by Crippen LogP contribution is -2.23. The van der Waals surface area contributed by atoms with E-state index in [9.17, 15) is 14.9 Å². The second kappa shape index (κ2) is 9.92. The zero-order valence-electron chi connectivity index (χ0n) is 20.0. The third-order valence-electron chi connectivity index (χ3n) is 4.80.